The van der Waals surface area contributed by atoms with Crippen molar-refractivity contribution in [3.63, 3.8) is 0 Å². The van der Waals surface area contributed by atoms with E-state index in [1.54, 1.807) is 12.4 Å². The number of hydrogen-bond donors (Lipinski definition) is 2. The van der Waals surface area contributed by atoms with Crippen molar-refractivity contribution in [3.05, 3.63) is 64.1 Å². The number of hydrogen-bond acceptors (Lipinski definition) is 3. The molecule has 2 aromatic rings. The fourth-order valence-electron chi connectivity index (χ4n) is 1.82. The topological polar surface area (TPSA) is 50.9 Å². The molecule has 0 aliphatic heterocycles. The smallest absolute Gasteiger partial charge is 0.124 e. The lowest BCUT2D eigenvalue weighted by Crippen LogP contribution is -2.29. The van der Waals surface area contributed by atoms with Crippen LogP contribution >= 0.6 is 15.9 Å². The van der Waals surface area contributed by atoms with Crippen LogP contribution in [-0.2, 0) is 6.42 Å². The van der Waals surface area contributed by atoms with E-state index in [0.29, 0.717) is 6.42 Å². The molecule has 0 radical (unpaired) electrons. The molecular weight excluding hydrogens is 297 g/mol. The van der Waals surface area contributed by atoms with Gasteiger partial charge in [-0.25, -0.2) is 4.39 Å². The van der Waals surface area contributed by atoms with Gasteiger partial charge in [0.15, 0.2) is 0 Å². The van der Waals surface area contributed by atoms with Gasteiger partial charge in [-0.2, -0.15) is 0 Å². The first-order chi connectivity index (χ1) is 8.69. The molecule has 0 saturated carbocycles. The van der Waals surface area contributed by atoms with Crippen LogP contribution in [0.5, 0.6) is 0 Å². The van der Waals surface area contributed by atoms with Crippen molar-refractivity contribution in [2.75, 3.05) is 0 Å². The van der Waals surface area contributed by atoms with E-state index in [4.69, 9.17) is 5.84 Å². The Bertz CT molecular complexity index is 499. The first-order valence-electron chi connectivity index (χ1n) is 5.50. The molecule has 0 saturated heterocycles. The maximum Gasteiger partial charge on any atom is 0.124 e. The normalized spacial score (nSPS) is 12.4. The number of rotatable bonds is 4. The summed E-state index contributed by atoms with van der Waals surface area (Å²) in [5.74, 6) is 5.28. The predicted molar refractivity (Wildman–Crippen MR) is 72.1 cm³/mol. The summed E-state index contributed by atoms with van der Waals surface area (Å²) >= 11 is 3.28. The van der Waals surface area contributed by atoms with Gasteiger partial charge in [0.05, 0.1) is 6.04 Å². The average molecular weight is 310 g/mol. The van der Waals surface area contributed by atoms with Gasteiger partial charge in [0.1, 0.15) is 5.82 Å². The maximum absolute atomic E-state index is 13.3. The van der Waals surface area contributed by atoms with Crippen LogP contribution in [0.1, 0.15) is 17.2 Å². The van der Waals surface area contributed by atoms with Crippen molar-refractivity contribution in [1.82, 2.24) is 10.4 Å². The van der Waals surface area contributed by atoms with Crippen LogP contribution in [0.25, 0.3) is 0 Å². The molecule has 1 heterocycles. The van der Waals surface area contributed by atoms with Crippen LogP contribution in [0.15, 0.2) is 47.2 Å². The Balaban J connectivity index is 2.20. The molecule has 94 valence electrons. The zero-order valence-corrected chi connectivity index (χ0v) is 11.2. The Kier molecular flexibility index (Phi) is 4.41. The fraction of sp³-hybridized carbons (Fsp3) is 0.154. The molecule has 0 fully saturated rings. The summed E-state index contributed by atoms with van der Waals surface area (Å²) in [5, 5.41) is 0. The Morgan fingerprint density at radius 1 is 1.39 bits per heavy atom. The summed E-state index contributed by atoms with van der Waals surface area (Å²) in [6.07, 6.45) is 4.05. The minimum atomic E-state index is -0.263. The van der Waals surface area contributed by atoms with Gasteiger partial charge in [-0.3, -0.25) is 16.3 Å². The maximum atomic E-state index is 13.3. The standard InChI is InChI=1S/C13H13BrFN3/c14-11-4-9(5-12(15)7-11)6-13(18-16)10-2-1-3-17-8-10/h1-5,7-8,13,18H,6,16H2. The van der Waals surface area contributed by atoms with E-state index in [9.17, 15) is 4.39 Å². The third kappa shape index (κ3) is 3.35. The summed E-state index contributed by atoms with van der Waals surface area (Å²) in [6.45, 7) is 0. The Labute approximate surface area is 113 Å². The number of halogens is 2. The average Bonchev–Trinajstić information content (AvgIpc) is 2.36. The molecule has 0 aliphatic carbocycles. The highest BCUT2D eigenvalue weighted by atomic mass is 79.9. The summed E-state index contributed by atoms with van der Waals surface area (Å²) in [6, 6.07) is 8.51. The van der Waals surface area contributed by atoms with Gasteiger partial charge in [-0.1, -0.05) is 22.0 Å². The molecule has 1 aromatic heterocycles. The number of nitrogens with zero attached hydrogens (tertiary/aromatic N) is 1. The number of nitrogens with one attached hydrogen (secondary N) is 1. The largest absolute Gasteiger partial charge is 0.271 e. The zero-order chi connectivity index (χ0) is 13.0. The second-order valence-corrected chi connectivity index (χ2v) is 4.90. The van der Waals surface area contributed by atoms with Crippen molar-refractivity contribution in [1.29, 1.82) is 0 Å². The van der Waals surface area contributed by atoms with Crippen LogP contribution in [0.3, 0.4) is 0 Å². The quantitative estimate of drug-likeness (QED) is 0.674. The monoisotopic (exact) mass is 309 g/mol. The van der Waals surface area contributed by atoms with E-state index in [1.807, 2.05) is 18.2 Å². The molecule has 3 N–H and O–H groups in total. The lowest BCUT2D eigenvalue weighted by Gasteiger charge is -2.16. The van der Waals surface area contributed by atoms with E-state index >= 15 is 0 Å². The second-order valence-electron chi connectivity index (χ2n) is 3.99. The minimum Gasteiger partial charge on any atom is -0.271 e. The highest BCUT2D eigenvalue weighted by Crippen LogP contribution is 2.21. The van der Waals surface area contributed by atoms with Crippen molar-refractivity contribution in [2.24, 2.45) is 5.84 Å². The molecule has 1 unspecified atom stereocenters. The summed E-state index contributed by atoms with van der Waals surface area (Å²) < 4.78 is 14.0. The number of hydrazine groups is 1. The van der Waals surface area contributed by atoms with Crippen LogP contribution < -0.4 is 11.3 Å². The lowest BCUT2D eigenvalue weighted by molar-refractivity contribution is 0.547. The van der Waals surface area contributed by atoms with E-state index in [0.717, 1.165) is 15.6 Å². The molecule has 0 amide bonds. The third-order valence-corrected chi connectivity index (χ3v) is 3.11. The Morgan fingerprint density at radius 2 is 2.22 bits per heavy atom. The molecule has 0 aliphatic rings. The number of pyridine rings is 1. The number of nitrogens with two attached hydrogens (primary N) is 1. The molecule has 18 heavy (non-hydrogen) atoms. The molecule has 3 nitrogen and oxygen atoms in total. The van der Waals surface area contributed by atoms with Gasteiger partial charge in [0.2, 0.25) is 0 Å². The molecule has 2 rings (SSSR count). The highest BCUT2D eigenvalue weighted by Gasteiger charge is 2.11. The minimum absolute atomic E-state index is 0.0904. The van der Waals surface area contributed by atoms with Crippen LogP contribution in [0.4, 0.5) is 4.39 Å². The SMILES string of the molecule is NNC(Cc1cc(F)cc(Br)c1)c1cccnc1. The first kappa shape index (κ1) is 13.1. The van der Waals surface area contributed by atoms with Crippen LogP contribution in [-0.4, -0.2) is 4.98 Å². The third-order valence-electron chi connectivity index (χ3n) is 2.65. The highest BCUT2D eigenvalue weighted by molar-refractivity contribution is 9.10. The van der Waals surface area contributed by atoms with Crippen molar-refractivity contribution in [2.45, 2.75) is 12.5 Å². The van der Waals surface area contributed by atoms with Gasteiger partial charge >= 0.3 is 0 Å². The van der Waals surface area contributed by atoms with E-state index < -0.39 is 0 Å². The molecule has 0 bridgehead atoms. The first-order valence-corrected chi connectivity index (χ1v) is 6.29. The summed E-state index contributed by atoms with van der Waals surface area (Å²) in [7, 11) is 0. The lowest BCUT2D eigenvalue weighted by atomic mass is 10.0. The summed E-state index contributed by atoms with van der Waals surface area (Å²) in [5.41, 5.74) is 4.57. The Hall–Kier alpha value is -1.30. The van der Waals surface area contributed by atoms with Crippen molar-refractivity contribution >= 4 is 15.9 Å². The van der Waals surface area contributed by atoms with Crippen molar-refractivity contribution in [3.8, 4) is 0 Å². The molecular formula is C13H13BrFN3. The summed E-state index contributed by atoms with van der Waals surface area (Å²) in [4.78, 5) is 4.05. The van der Waals surface area contributed by atoms with Gasteiger partial charge in [-0.05, 0) is 41.8 Å². The molecule has 5 heteroatoms. The van der Waals surface area contributed by atoms with Crippen LogP contribution in [0.2, 0.25) is 0 Å². The van der Waals surface area contributed by atoms with Crippen LogP contribution in [0, 0.1) is 5.82 Å². The molecule has 1 atom stereocenters. The Morgan fingerprint density at radius 3 is 2.83 bits per heavy atom. The second kappa shape index (κ2) is 6.04. The van der Waals surface area contributed by atoms with E-state index in [1.165, 1.54) is 12.1 Å². The zero-order valence-electron chi connectivity index (χ0n) is 9.61. The van der Waals surface area contributed by atoms with Crippen molar-refractivity contribution < 1.29 is 4.39 Å². The van der Waals surface area contributed by atoms with Gasteiger partial charge < -0.3 is 0 Å². The van der Waals surface area contributed by atoms with Gasteiger partial charge in [0.25, 0.3) is 0 Å². The van der Waals surface area contributed by atoms with Gasteiger partial charge in [0, 0.05) is 16.9 Å². The molecule has 0 spiro atoms. The van der Waals surface area contributed by atoms with E-state index in [2.05, 4.69) is 26.3 Å². The fourth-order valence-corrected chi connectivity index (χ4v) is 2.33. The van der Waals surface area contributed by atoms with Gasteiger partial charge in [-0.15, -0.1) is 0 Å². The number of benzene rings is 1. The molecule has 1 aromatic carbocycles. The predicted octanol–water partition coefficient (Wildman–Crippen LogP) is 2.73. The number of aromatic nitrogens is 1. The van der Waals surface area contributed by atoms with E-state index in [-0.39, 0.29) is 11.9 Å².